The van der Waals surface area contributed by atoms with Crippen LogP contribution in [-0.4, -0.2) is 69.1 Å². The van der Waals surface area contributed by atoms with Crippen molar-refractivity contribution in [3.05, 3.63) is 0 Å². The van der Waals surface area contributed by atoms with E-state index in [0.29, 0.717) is 13.3 Å². The Balaban J connectivity index is 3.46. The van der Waals surface area contributed by atoms with Gasteiger partial charge in [0.1, 0.15) is 31.0 Å². The van der Waals surface area contributed by atoms with Crippen molar-refractivity contribution >= 4 is 5.97 Å². The van der Waals surface area contributed by atoms with E-state index in [4.69, 9.17) is 11.2 Å². The maximum atomic E-state index is 11.7. The van der Waals surface area contributed by atoms with Crippen LogP contribution in [0, 0.1) is 0 Å². The molecular weight excluding hydrogens is 388 g/mol. The monoisotopic (exact) mass is 435 g/mol. The molecule has 7 heteroatoms. The fourth-order valence-electron chi connectivity index (χ4n) is 3.30. The van der Waals surface area contributed by atoms with Crippen molar-refractivity contribution in [2.24, 2.45) is 0 Å². The first-order chi connectivity index (χ1) is 14.9. The summed E-state index contributed by atoms with van der Waals surface area (Å²) in [4.78, 5) is 11.7. The van der Waals surface area contributed by atoms with Gasteiger partial charge in [0, 0.05) is 7.79 Å². The van der Waals surface area contributed by atoms with Crippen LogP contribution in [0.3, 0.4) is 0 Å². The summed E-state index contributed by atoms with van der Waals surface area (Å²) in [5, 5.41) is 46.8. The lowest BCUT2D eigenvalue weighted by atomic mass is 10.0. The second-order valence-corrected chi connectivity index (χ2v) is 8.18. The molecule has 0 saturated carbocycles. The van der Waals surface area contributed by atoms with Crippen molar-refractivity contribution in [3.8, 4) is 0 Å². The van der Waals surface area contributed by atoms with Gasteiger partial charge in [-0.05, 0) is 6.42 Å². The number of hydrogen-bond donors (Lipinski definition) is 5. The van der Waals surface area contributed by atoms with Gasteiger partial charge in [0.2, 0.25) is 0 Å². The number of ether oxygens (including phenoxy) is 1. The number of aliphatic hydroxyl groups excluding tert-OH is 5. The van der Waals surface area contributed by atoms with Gasteiger partial charge in [0.15, 0.2) is 0 Å². The summed E-state index contributed by atoms with van der Waals surface area (Å²) in [5.74, 6) is -0.469. The summed E-state index contributed by atoms with van der Waals surface area (Å²) >= 11 is 0. The Labute approximate surface area is 183 Å². The van der Waals surface area contributed by atoms with Crippen molar-refractivity contribution in [2.45, 2.75) is 128 Å². The first-order valence-electron chi connectivity index (χ1n) is 12.4. The summed E-state index contributed by atoms with van der Waals surface area (Å²) in [6.07, 6.45) is 10.1. The van der Waals surface area contributed by atoms with E-state index >= 15 is 0 Å². The van der Waals surface area contributed by atoms with E-state index in [1.807, 2.05) is 0 Å². The molecular formula is C23H46O7. The molecule has 0 aliphatic rings. The lowest BCUT2D eigenvalue weighted by Crippen LogP contribution is -2.47. The summed E-state index contributed by atoms with van der Waals surface area (Å²) in [6, 6.07) is 0. The maximum absolute atomic E-state index is 11.7. The minimum atomic E-state index is -1.72. The molecule has 0 unspecified atom stereocenters. The average Bonchev–Trinajstić information content (AvgIpc) is 2.78. The molecule has 0 spiro atoms. The SMILES string of the molecule is [2H]CCCCCCCCCCCCCCCCC(=O)OC[C@@H](O)[C@@H](O)[C@H](O)[C@@H](O)CO. The van der Waals surface area contributed by atoms with Crippen LogP contribution in [0.1, 0.15) is 105 Å². The van der Waals surface area contributed by atoms with Crippen LogP contribution < -0.4 is 0 Å². The second-order valence-electron chi connectivity index (χ2n) is 8.18. The average molecular weight is 436 g/mol. The normalized spacial score (nSPS) is 16.0. The van der Waals surface area contributed by atoms with E-state index < -0.39 is 43.6 Å². The lowest BCUT2D eigenvalue weighted by Gasteiger charge is -2.25. The first-order valence-corrected chi connectivity index (χ1v) is 11.7. The highest BCUT2D eigenvalue weighted by Gasteiger charge is 2.30. The van der Waals surface area contributed by atoms with Crippen LogP contribution in [0.4, 0.5) is 0 Å². The molecule has 0 aliphatic heterocycles. The van der Waals surface area contributed by atoms with E-state index in [1.54, 1.807) is 0 Å². The van der Waals surface area contributed by atoms with Gasteiger partial charge in [-0.1, -0.05) is 90.4 Å². The minimum absolute atomic E-state index is 0.242. The van der Waals surface area contributed by atoms with Crippen molar-refractivity contribution in [1.82, 2.24) is 0 Å². The third kappa shape index (κ3) is 16.0. The quantitative estimate of drug-likeness (QED) is 0.139. The number of carbonyl (C=O) groups is 1. The number of esters is 1. The molecule has 0 heterocycles. The Kier molecular flexibility index (Phi) is 18.4. The maximum Gasteiger partial charge on any atom is 0.305 e. The van der Waals surface area contributed by atoms with Crippen molar-refractivity contribution in [3.63, 3.8) is 0 Å². The van der Waals surface area contributed by atoms with Gasteiger partial charge < -0.3 is 30.3 Å². The zero-order valence-electron chi connectivity index (χ0n) is 19.6. The first kappa shape index (κ1) is 27.3. The number of rotatable bonds is 21. The van der Waals surface area contributed by atoms with E-state index in [1.165, 1.54) is 57.8 Å². The summed E-state index contributed by atoms with van der Waals surface area (Å²) in [5.41, 5.74) is 0. The molecule has 7 nitrogen and oxygen atoms in total. The zero-order valence-corrected chi connectivity index (χ0v) is 18.6. The van der Waals surface area contributed by atoms with E-state index in [0.717, 1.165) is 25.7 Å². The van der Waals surface area contributed by atoms with Crippen molar-refractivity contribution in [1.29, 1.82) is 0 Å². The highest BCUT2D eigenvalue weighted by atomic mass is 16.5. The molecule has 0 aromatic rings. The Hall–Kier alpha value is -0.730. The predicted octanol–water partition coefficient (Wildman–Crippen LogP) is 2.84. The highest BCUT2D eigenvalue weighted by molar-refractivity contribution is 5.69. The molecule has 4 atom stereocenters. The molecule has 0 saturated heterocycles. The van der Waals surface area contributed by atoms with Gasteiger partial charge in [-0.15, -0.1) is 0 Å². The molecule has 0 rings (SSSR count). The Morgan fingerprint density at radius 3 is 1.63 bits per heavy atom. The molecule has 180 valence electrons. The van der Waals surface area contributed by atoms with Crippen molar-refractivity contribution in [2.75, 3.05) is 13.2 Å². The minimum Gasteiger partial charge on any atom is -0.463 e. The van der Waals surface area contributed by atoms with Crippen LogP contribution in [0.5, 0.6) is 0 Å². The summed E-state index contributed by atoms with van der Waals surface area (Å²) in [6.45, 7) is -0.663. The fraction of sp³-hybridized carbons (Fsp3) is 0.957. The van der Waals surface area contributed by atoms with Gasteiger partial charge >= 0.3 is 5.97 Å². The number of aliphatic hydroxyl groups is 5. The van der Waals surface area contributed by atoms with Crippen LogP contribution >= 0.6 is 0 Å². The van der Waals surface area contributed by atoms with E-state index in [9.17, 15) is 25.2 Å². The van der Waals surface area contributed by atoms with Gasteiger partial charge in [0.05, 0.1) is 6.61 Å². The molecule has 0 bridgehead atoms. The molecule has 5 N–H and O–H groups in total. The Morgan fingerprint density at radius 2 is 1.17 bits per heavy atom. The molecule has 30 heavy (non-hydrogen) atoms. The number of unbranched alkanes of at least 4 members (excludes halogenated alkanes) is 13. The zero-order chi connectivity index (χ0) is 23.3. The largest absolute Gasteiger partial charge is 0.463 e. The van der Waals surface area contributed by atoms with Gasteiger partial charge in [-0.2, -0.15) is 0 Å². The molecule has 0 aromatic carbocycles. The second kappa shape index (κ2) is 20.2. The van der Waals surface area contributed by atoms with Crippen LogP contribution in [0.2, 0.25) is 0 Å². The molecule has 0 aromatic heterocycles. The van der Waals surface area contributed by atoms with Crippen LogP contribution in [-0.2, 0) is 9.53 Å². The fourth-order valence-corrected chi connectivity index (χ4v) is 3.30. The number of carbonyl (C=O) groups excluding carboxylic acids is 1. The predicted molar refractivity (Wildman–Crippen MR) is 117 cm³/mol. The Bertz CT molecular complexity index is 411. The Morgan fingerprint density at radius 1 is 0.733 bits per heavy atom. The van der Waals surface area contributed by atoms with Crippen LogP contribution in [0.25, 0.3) is 0 Å². The lowest BCUT2D eigenvalue weighted by molar-refractivity contribution is -0.156. The van der Waals surface area contributed by atoms with E-state index in [2.05, 4.69) is 0 Å². The summed E-state index contributed by atoms with van der Waals surface area (Å²) in [7, 11) is 0. The van der Waals surface area contributed by atoms with Gasteiger partial charge in [-0.25, -0.2) is 0 Å². The van der Waals surface area contributed by atoms with Crippen LogP contribution in [0.15, 0.2) is 0 Å². The molecule has 0 aliphatic carbocycles. The molecule has 0 amide bonds. The van der Waals surface area contributed by atoms with Crippen molar-refractivity contribution < 1.29 is 36.4 Å². The summed E-state index contributed by atoms with van der Waals surface area (Å²) < 4.78 is 12.0. The topological polar surface area (TPSA) is 127 Å². The third-order valence-electron chi connectivity index (χ3n) is 5.37. The highest BCUT2D eigenvalue weighted by Crippen LogP contribution is 2.13. The van der Waals surface area contributed by atoms with Gasteiger partial charge in [-0.3, -0.25) is 4.79 Å². The number of hydrogen-bond acceptors (Lipinski definition) is 7. The third-order valence-corrected chi connectivity index (χ3v) is 5.37. The molecule has 0 radical (unpaired) electrons. The van der Waals surface area contributed by atoms with E-state index in [-0.39, 0.29) is 6.42 Å². The standard InChI is InChI=1S/C23H46O7/c1-2-3-4-5-6-7-8-9-10-11-12-13-14-15-16-21(27)30-18-20(26)23(29)22(28)19(25)17-24/h19-20,22-26,28-29H,2-18H2,1H3/t19-,20+,22+,23+/m0/s1/i1D. The smallest absolute Gasteiger partial charge is 0.305 e. The molecule has 0 fully saturated rings. The van der Waals surface area contributed by atoms with Gasteiger partial charge in [0.25, 0.3) is 0 Å².